The lowest BCUT2D eigenvalue weighted by Crippen LogP contribution is -2.44. The minimum atomic E-state index is -3.67. The Labute approximate surface area is 173 Å². The normalized spacial score (nSPS) is 16.4. The van der Waals surface area contributed by atoms with Crippen LogP contribution in [0.1, 0.15) is 30.9 Å². The second-order valence-electron chi connectivity index (χ2n) is 7.28. The number of hydrogen-bond acceptors (Lipinski definition) is 5. The molecule has 0 amide bonds. The van der Waals surface area contributed by atoms with Crippen LogP contribution in [0.15, 0.2) is 47.4 Å². The first-order valence-electron chi connectivity index (χ1n) is 9.86. The Balaban J connectivity index is 1.87. The Morgan fingerprint density at radius 1 is 1.10 bits per heavy atom. The van der Waals surface area contributed by atoms with Crippen molar-refractivity contribution < 1.29 is 22.6 Å². The average molecular weight is 420 g/mol. The third-order valence-electron chi connectivity index (χ3n) is 5.49. The van der Waals surface area contributed by atoms with E-state index >= 15 is 0 Å². The van der Waals surface area contributed by atoms with Crippen LogP contribution in [0.4, 0.5) is 0 Å². The fourth-order valence-electron chi connectivity index (χ4n) is 3.81. The number of sulfonamides is 1. The van der Waals surface area contributed by atoms with E-state index in [-0.39, 0.29) is 16.9 Å². The van der Waals surface area contributed by atoms with Crippen molar-refractivity contribution >= 4 is 10.0 Å². The van der Waals surface area contributed by atoms with Gasteiger partial charge < -0.3 is 14.2 Å². The molecule has 1 heterocycles. The van der Waals surface area contributed by atoms with E-state index in [0.717, 1.165) is 29.7 Å². The van der Waals surface area contributed by atoms with Gasteiger partial charge in [-0.15, -0.1) is 0 Å². The van der Waals surface area contributed by atoms with Crippen LogP contribution >= 0.6 is 0 Å². The van der Waals surface area contributed by atoms with E-state index < -0.39 is 10.0 Å². The van der Waals surface area contributed by atoms with Gasteiger partial charge in [0.25, 0.3) is 0 Å². The number of ether oxygens (including phenoxy) is 3. The fraction of sp³-hybridized carbons (Fsp3) is 0.455. The lowest BCUT2D eigenvalue weighted by atomic mass is 9.74. The van der Waals surface area contributed by atoms with Gasteiger partial charge in [-0.3, -0.25) is 0 Å². The summed E-state index contributed by atoms with van der Waals surface area (Å²) < 4.78 is 45.5. The summed E-state index contributed by atoms with van der Waals surface area (Å²) in [4.78, 5) is 0.237. The van der Waals surface area contributed by atoms with E-state index in [9.17, 15) is 8.42 Å². The summed E-state index contributed by atoms with van der Waals surface area (Å²) >= 11 is 0. The van der Waals surface area contributed by atoms with Crippen molar-refractivity contribution in [1.82, 2.24) is 4.72 Å². The SMILES string of the molecule is CCOc1ccc(S(=O)(=O)NCC2(c3ccccc3OC)CCOCC2)cc1C. The van der Waals surface area contributed by atoms with Crippen molar-refractivity contribution in [1.29, 1.82) is 0 Å². The number of nitrogens with one attached hydrogen (secondary N) is 1. The van der Waals surface area contributed by atoms with Crippen LogP contribution in [0.3, 0.4) is 0 Å². The van der Waals surface area contributed by atoms with Gasteiger partial charge in [-0.2, -0.15) is 0 Å². The third kappa shape index (κ3) is 4.74. The van der Waals surface area contributed by atoms with E-state index in [1.807, 2.05) is 38.1 Å². The Morgan fingerprint density at radius 2 is 1.83 bits per heavy atom. The van der Waals surface area contributed by atoms with Crippen molar-refractivity contribution in [3.05, 3.63) is 53.6 Å². The molecule has 29 heavy (non-hydrogen) atoms. The first-order chi connectivity index (χ1) is 13.9. The molecule has 1 N–H and O–H groups in total. The van der Waals surface area contributed by atoms with Crippen molar-refractivity contribution in [3.8, 4) is 11.5 Å². The maximum Gasteiger partial charge on any atom is 0.240 e. The molecule has 1 saturated heterocycles. The molecule has 0 aliphatic carbocycles. The van der Waals surface area contributed by atoms with Gasteiger partial charge in [-0.05, 0) is 56.5 Å². The molecule has 3 rings (SSSR count). The molecule has 0 bridgehead atoms. The molecule has 7 heteroatoms. The van der Waals surface area contributed by atoms with Crippen LogP contribution < -0.4 is 14.2 Å². The summed E-state index contributed by atoms with van der Waals surface area (Å²) in [5, 5.41) is 0. The van der Waals surface area contributed by atoms with E-state index in [4.69, 9.17) is 14.2 Å². The molecule has 2 aromatic rings. The van der Waals surface area contributed by atoms with E-state index in [1.165, 1.54) is 0 Å². The number of rotatable bonds is 8. The zero-order valence-electron chi connectivity index (χ0n) is 17.2. The molecule has 2 aromatic carbocycles. The van der Waals surface area contributed by atoms with E-state index in [0.29, 0.717) is 25.6 Å². The second-order valence-corrected chi connectivity index (χ2v) is 9.04. The van der Waals surface area contributed by atoms with Crippen LogP contribution in [0, 0.1) is 6.92 Å². The number of methoxy groups -OCH3 is 1. The smallest absolute Gasteiger partial charge is 0.240 e. The topological polar surface area (TPSA) is 73.9 Å². The Hall–Kier alpha value is -2.09. The first-order valence-corrected chi connectivity index (χ1v) is 11.3. The van der Waals surface area contributed by atoms with Gasteiger partial charge in [0.05, 0.1) is 18.6 Å². The fourth-order valence-corrected chi connectivity index (χ4v) is 5.02. The lowest BCUT2D eigenvalue weighted by molar-refractivity contribution is 0.0509. The van der Waals surface area contributed by atoms with Gasteiger partial charge in [0.15, 0.2) is 0 Å². The monoisotopic (exact) mass is 419 g/mol. The van der Waals surface area contributed by atoms with Gasteiger partial charge in [0.1, 0.15) is 11.5 Å². The molecular weight excluding hydrogens is 390 g/mol. The van der Waals surface area contributed by atoms with Gasteiger partial charge >= 0.3 is 0 Å². The zero-order chi connectivity index (χ0) is 20.9. The third-order valence-corrected chi connectivity index (χ3v) is 6.88. The van der Waals surface area contributed by atoms with Crippen molar-refractivity contribution in [2.75, 3.05) is 33.5 Å². The summed E-state index contributed by atoms with van der Waals surface area (Å²) in [6, 6.07) is 12.7. The minimum Gasteiger partial charge on any atom is -0.496 e. The maximum absolute atomic E-state index is 13.0. The van der Waals surface area contributed by atoms with Gasteiger partial charge in [0.2, 0.25) is 10.0 Å². The summed E-state index contributed by atoms with van der Waals surface area (Å²) in [6.45, 7) is 5.74. The first kappa shape index (κ1) is 21.6. The largest absolute Gasteiger partial charge is 0.496 e. The van der Waals surface area contributed by atoms with Crippen LogP contribution in [-0.4, -0.2) is 41.9 Å². The zero-order valence-corrected chi connectivity index (χ0v) is 18.1. The minimum absolute atomic E-state index is 0.237. The number of hydrogen-bond donors (Lipinski definition) is 1. The molecule has 1 aliphatic heterocycles. The molecule has 0 aromatic heterocycles. The van der Waals surface area contributed by atoms with Gasteiger partial charge in [-0.1, -0.05) is 18.2 Å². The predicted molar refractivity (Wildman–Crippen MR) is 112 cm³/mol. The molecular formula is C22H29NO5S. The van der Waals surface area contributed by atoms with E-state index in [1.54, 1.807) is 25.3 Å². The van der Waals surface area contributed by atoms with Crippen LogP contribution in [-0.2, 0) is 20.2 Å². The van der Waals surface area contributed by atoms with Crippen molar-refractivity contribution in [2.24, 2.45) is 0 Å². The molecule has 158 valence electrons. The summed E-state index contributed by atoms with van der Waals surface area (Å²) in [7, 11) is -2.03. The van der Waals surface area contributed by atoms with Crippen LogP contribution in [0.25, 0.3) is 0 Å². The number of benzene rings is 2. The van der Waals surface area contributed by atoms with Crippen LogP contribution in [0.5, 0.6) is 11.5 Å². The molecule has 1 aliphatic rings. The van der Waals surface area contributed by atoms with Gasteiger partial charge in [-0.25, -0.2) is 13.1 Å². The molecule has 0 unspecified atom stereocenters. The summed E-state index contributed by atoms with van der Waals surface area (Å²) in [5.74, 6) is 1.46. The highest BCUT2D eigenvalue weighted by atomic mass is 32.2. The van der Waals surface area contributed by atoms with Crippen molar-refractivity contribution in [3.63, 3.8) is 0 Å². The molecule has 0 radical (unpaired) electrons. The Kier molecular flexibility index (Phi) is 6.82. The maximum atomic E-state index is 13.0. The quantitative estimate of drug-likeness (QED) is 0.710. The summed E-state index contributed by atoms with van der Waals surface area (Å²) in [5.41, 5.74) is 1.43. The molecule has 6 nitrogen and oxygen atoms in total. The second kappa shape index (κ2) is 9.15. The average Bonchev–Trinajstić information content (AvgIpc) is 2.74. The lowest BCUT2D eigenvalue weighted by Gasteiger charge is -2.38. The Morgan fingerprint density at radius 3 is 2.48 bits per heavy atom. The highest BCUT2D eigenvalue weighted by molar-refractivity contribution is 7.89. The van der Waals surface area contributed by atoms with Crippen molar-refractivity contribution in [2.45, 2.75) is 37.0 Å². The highest BCUT2D eigenvalue weighted by Crippen LogP contribution is 2.39. The Bertz CT molecular complexity index is 936. The van der Waals surface area contributed by atoms with Crippen LogP contribution in [0.2, 0.25) is 0 Å². The molecule has 0 saturated carbocycles. The molecule has 0 spiro atoms. The number of aryl methyl sites for hydroxylation is 1. The molecule has 0 atom stereocenters. The standard InChI is InChI=1S/C22H29NO5S/c1-4-28-20-10-9-18(15-17(20)2)29(24,25)23-16-22(11-13-27-14-12-22)19-7-5-6-8-21(19)26-3/h5-10,15,23H,4,11-14,16H2,1-3H3. The number of para-hydroxylation sites is 1. The van der Waals surface area contributed by atoms with Gasteiger partial charge in [0, 0.05) is 30.7 Å². The predicted octanol–water partition coefficient (Wildman–Crippen LogP) is 3.43. The molecule has 1 fully saturated rings. The highest BCUT2D eigenvalue weighted by Gasteiger charge is 2.37. The summed E-state index contributed by atoms with van der Waals surface area (Å²) in [6.07, 6.45) is 1.44. The van der Waals surface area contributed by atoms with E-state index in [2.05, 4.69) is 4.72 Å².